The van der Waals surface area contributed by atoms with Gasteiger partial charge in [0.15, 0.2) is 92.3 Å². The molecule has 6 bridgehead atoms. The summed E-state index contributed by atoms with van der Waals surface area (Å²) in [4.78, 5) is 33.3. The Labute approximate surface area is 662 Å². The summed E-state index contributed by atoms with van der Waals surface area (Å²) in [5, 5.41) is 56.9. The van der Waals surface area contributed by atoms with E-state index >= 15 is 0 Å². The summed E-state index contributed by atoms with van der Waals surface area (Å²) in [6, 6.07) is 11.2. The molecule has 0 saturated heterocycles. The summed E-state index contributed by atoms with van der Waals surface area (Å²) < 4.78 is 76.9. The molecule has 0 spiro atoms. The molecular formula is C79H56Cl6N14O12. The van der Waals surface area contributed by atoms with Gasteiger partial charge in [0.1, 0.15) is 155 Å². The molecule has 0 atom stereocenters. The Morgan fingerprint density at radius 2 is 0.468 bits per heavy atom. The molecule has 0 N–H and O–H groups in total. The highest BCUT2D eigenvalue weighted by molar-refractivity contribution is 6.52. The molecule has 0 fully saturated rings. The van der Waals surface area contributed by atoms with Crippen molar-refractivity contribution in [3.05, 3.63) is 152 Å². The predicted molar refractivity (Wildman–Crippen MR) is 411 cm³/mol. The van der Waals surface area contributed by atoms with Gasteiger partial charge in [-0.2, -0.15) is 31.6 Å². The van der Waals surface area contributed by atoms with Crippen molar-refractivity contribution in [1.82, 2.24) is 9.13 Å². The Hall–Kier alpha value is -11.8. The summed E-state index contributed by atoms with van der Waals surface area (Å²) in [6.07, 6.45) is 0. The number of halogens is 6. The van der Waals surface area contributed by atoms with Crippen LogP contribution in [0.4, 0.5) is 11.6 Å². The van der Waals surface area contributed by atoms with Crippen LogP contribution in [0.15, 0.2) is 30.0 Å². The van der Waals surface area contributed by atoms with Gasteiger partial charge in [-0.15, -0.1) is 0 Å². The van der Waals surface area contributed by atoms with Gasteiger partial charge in [-0.05, 0) is 69.2 Å². The van der Waals surface area contributed by atoms with Crippen molar-refractivity contribution in [1.29, 1.82) is 31.6 Å². The number of ether oxygens (including phenoxy) is 12. The fourth-order valence-electron chi connectivity index (χ4n) is 15.4. The number of nitrogens with zero attached hydrogens (tertiary/aromatic N) is 14. The molecule has 0 aliphatic carbocycles. The molecule has 19 rings (SSSR count). The van der Waals surface area contributed by atoms with Crippen molar-refractivity contribution >= 4 is 126 Å². The van der Waals surface area contributed by atoms with Crippen molar-refractivity contribution in [2.24, 2.45) is 30.0 Å². The maximum atomic E-state index is 9.06. The van der Waals surface area contributed by atoms with Crippen LogP contribution in [0.3, 0.4) is 0 Å². The molecule has 111 heavy (non-hydrogen) atoms. The topological polar surface area (TPSA) is 338 Å². The lowest BCUT2D eigenvalue weighted by Gasteiger charge is -2.24. The monoisotopic (exact) mass is 1600 g/mol. The van der Waals surface area contributed by atoms with E-state index in [1.54, 1.807) is 26.0 Å². The predicted octanol–water partition coefficient (Wildman–Crippen LogP) is 15.0. The van der Waals surface area contributed by atoms with E-state index in [0.717, 1.165) is 88.3 Å². The molecular weight excluding hydrogens is 1550 g/mol. The molecule has 2 aromatic heterocycles. The molecule has 32 heteroatoms. The van der Waals surface area contributed by atoms with E-state index in [4.69, 9.17) is 188 Å². The van der Waals surface area contributed by atoms with E-state index in [0.29, 0.717) is 205 Å². The lowest BCUT2D eigenvalue weighted by molar-refractivity contribution is 0.169. The molecule has 26 nitrogen and oxygen atoms in total. The molecule has 9 aromatic rings. The van der Waals surface area contributed by atoms with Crippen molar-refractivity contribution in [2.75, 3.05) is 79.3 Å². The van der Waals surface area contributed by atoms with Crippen LogP contribution in [0.1, 0.15) is 111 Å². The zero-order valence-corrected chi connectivity index (χ0v) is 65.2. The van der Waals surface area contributed by atoms with Crippen molar-refractivity contribution < 1.29 is 56.8 Å². The van der Waals surface area contributed by atoms with Gasteiger partial charge < -0.3 is 56.8 Å². The highest BCUT2D eigenvalue weighted by Crippen LogP contribution is 2.55. The number of hydrogen-bond acceptors (Lipinski definition) is 24. The van der Waals surface area contributed by atoms with E-state index in [2.05, 4.69) is 36.8 Å². The van der Waals surface area contributed by atoms with Gasteiger partial charge in [0.25, 0.3) is 0 Å². The van der Waals surface area contributed by atoms with Crippen LogP contribution in [-0.2, 0) is 6.67 Å². The van der Waals surface area contributed by atoms with Gasteiger partial charge in [-0.3, -0.25) is 9.13 Å². The Balaban J connectivity index is 0.000000163. The van der Waals surface area contributed by atoms with Crippen LogP contribution < -0.4 is 67.8 Å². The minimum atomic E-state index is -0.0615. The number of fused-ring (bicyclic) bond motifs is 20. The smallest absolute Gasteiger partial charge is 0.182 e. The van der Waals surface area contributed by atoms with E-state index in [1.807, 2.05) is 52.0 Å². The zero-order valence-electron chi connectivity index (χ0n) is 60.6. The Morgan fingerprint density at radius 3 is 0.739 bits per heavy atom. The number of rotatable bonds is 0. The highest BCUT2D eigenvalue weighted by atomic mass is 35.5. The molecule has 0 radical (unpaired) electrons. The van der Waals surface area contributed by atoms with Crippen molar-refractivity contribution in [2.45, 2.75) is 75.9 Å². The molecule has 0 saturated carbocycles. The number of aryl methyl sites for hydroxylation is 4. The first-order valence-corrected chi connectivity index (χ1v) is 36.9. The van der Waals surface area contributed by atoms with Crippen LogP contribution in [0.2, 0.25) is 30.1 Å². The summed E-state index contributed by atoms with van der Waals surface area (Å²) in [5.74, 6) is 10.5. The number of nitriles is 6. The molecule has 0 amide bonds. The quantitative estimate of drug-likeness (QED) is 0.101. The highest BCUT2D eigenvalue weighted by Gasteiger charge is 2.41. The van der Waals surface area contributed by atoms with E-state index in [1.165, 1.54) is 0 Å². The lowest BCUT2D eigenvalue weighted by Crippen LogP contribution is -2.32. The van der Waals surface area contributed by atoms with Crippen LogP contribution >= 0.6 is 69.6 Å². The SMILES string of the molecule is Cc1c(C#N)c(C#N)c(C)c2c1OCCO2.Cc1c2c(c(C)c3c1C1=NC3=Nc3c4c(C)c5c(c(C)c4c4n3Cn3c(c6c(C)c7c(c(C)c6c3=NC3=NC(=N4)c4c(C)c6c(c(C)c43)OCCO6)OCCO7)=N1)OCCO5)OCCO2.N#Cc1c(Cl)c(Cl)c(Cl)c(Cl)c1C#N.N#Cc1c(Cl)c2c(c(Cl)c1C#N)OCCO2. The van der Waals surface area contributed by atoms with Gasteiger partial charge in [0, 0.05) is 99.4 Å². The van der Waals surface area contributed by atoms with Gasteiger partial charge in [-0.1, -0.05) is 69.6 Å². The number of hydrogen-bond donors (Lipinski definition) is 0. The third-order valence-corrected chi connectivity index (χ3v) is 23.0. The normalized spacial score (nSPS) is 15.2. The van der Waals surface area contributed by atoms with Crippen LogP contribution in [0, 0.1) is 137 Å². The minimum Gasteiger partial charge on any atom is -0.486 e. The Bertz CT molecular complexity index is 5910. The fourth-order valence-corrected chi connectivity index (χ4v) is 16.9. The standard InChI is InChI=1S/C49H42N8O8.C12H10N2O2.C10H4Cl2N2O2.C8Cl4N2/c1-18-26-27(19(2)35-34(18)58-9-10-59-35)43-50-42(26)52-46-30-22(5)38-39(63-14-13-62-38)23(6)31(30)48-54-44-28-20(3)36-37(61-12-11-60-36)21(4)29(28)45(51-44)55-49-33-25(8)41-40(64-15-16-65-41)24(7)32(33)47(53-43)57(49)17-56(46)48;1-7-9(5-13)10(6-14)8(2)12-11(7)15-3-4-16-12;11-7-5(3-13)6(4-14)8(12)10-9(7)15-1-2-16-10;9-5-3(1-13)4(2-14)6(10)8(12)7(5)11/h9-17H2,1-8H3;3-4H2,1-2H3;1-2H2;. The average Bonchev–Trinajstić information content (AvgIpc) is 1.53. The lowest BCUT2D eigenvalue weighted by atomic mass is 9.95. The van der Waals surface area contributed by atoms with Crippen molar-refractivity contribution in [3.63, 3.8) is 0 Å². The van der Waals surface area contributed by atoms with E-state index < -0.39 is 0 Å². The number of aliphatic imine (C=N–C) groups is 4. The first kappa shape index (κ1) is 73.3. The second kappa shape index (κ2) is 28.2. The largest absolute Gasteiger partial charge is 0.486 e. The van der Waals surface area contributed by atoms with E-state index in [9.17, 15) is 0 Å². The summed E-state index contributed by atoms with van der Waals surface area (Å²) >= 11 is 34.7. The summed E-state index contributed by atoms with van der Waals surface area (Å²) in [7, 11) is 0. The molecule has 12 heterocycles. The van der Waals surface area contributed by atoms with Gasteiger partial charge in [0.05, 0.1) is 53.5 Å². The average molecular weight is 1610 g/mol. The first-order chi connectivity index (χ1) is 53.5. The molecule has 10 aliphatic heterocycles. The molecule has 0 unspecified atom stereocenters. The zero-order chi connectivity index (χ0) is 78.2. The molecule has 556 valence electrons. The second-order valence-electron chi connectivity index (χ2n) is 26.4. The van der Waals surface area contributed by atoms with Crippen LogP contribution in [0.25, 0.3) is 21.5 Å². The van der Waals surface area contributed by atoms with Gasteiger partial charge in [0.2, 0.25) is 0 Å². The Morgan fingerprint density at radius 1 is 0.243 bits per heavy atom. The maximum absolute atomic E-state index is 9.06. The van der Waals surface area contributed by atoms with Crippen LogP contribution in [0.5, 0.6) is 69.0 Å². The van der Waals surface area contributed by atoms with E-state index in [-0.39, 0.29) is 70.6 Å². The number of amidine groups is 4. The third-order valence-electron chi connectivity index (χ3n) is 20.5. The van der Waals surface area contributed by atoms with Gasteiger partial charge in [-0.25, -0.2) is 30.0 Å². The van der Waals surface area contributed by atoms with Gasteiger partial charge >= 0.3 is 0 Å². The third kappa shape index (κ3) is 11.1. The second-order valence-corrected chi connectivity index (χ2v) is 28.7. The molecule has 10 aliphatic rings. The maximum Gasteiger partial charge on any atom is 0.182 e. The molecule has 7 aromatic carbocycles. The summed E-state index contributed by atoms with van der Waals surface area (Å²) in [6.45, 7) is 25.3. The first-order valence-electron chi connectivity index (χ1n) is 34.6. The minimum absolute atomic E-state index is 0.0124. The fraction of sp³-hybridized carbons (Fsp3) is 0.291. The summed E-state index contributed by atoms with van der Waals surface area (Å²) in [5.41, 5.74) is 13.7. The van der Waals surface area contributed by atoms with Crippen molar-refractivity contribution in [3.8, 4) is 105 Å². The Kier molecular flexibility index (Phi) is 18.7. The number of aromatic nitrogens is 2. The van der Waals surface area contributed by atoms with Crippen LogP contribution in [-0.4, -0.2) is 112 Å². The number of benzene rings is 7.